The van der Waals surface area contributed by atoms with Crippen molar-refractivity contribution in [2.45, 2.75) is 23.9 Å². The number of pyridine rings is 1. The first-order chi connectivity index (χ1) is 12.4. The highest BCUT2D eigenvalue weighted by Gasteiger charge is 2.58. The summed E-state index contributed by atoms with van der Waals surface area (Å²) in [6.45, 7) is -0.442. The number of halogens is 5. The molecule has 2 N–H and O–H groups in total. The smallest absolute Gasteiger partial charge is 0.456 e. The van der Waals surface area contributed by atoms with Crippen LogP contribution in [0.5, 0.6) is 5.75 Å². The summed E-state index contributed by atoms with van der Waals surface area (Å²) in [7, 11) is -3.63. The van der Waals surface area contributed by atoms with Crippen molar-refractivity contribution in [2.24, 2.45) is 0 Å². The zero-order valence-electron chi connectivity index (χ0n) is 13.9. The lowest BCUT2D eigenvalue weighted by molar-refractivity contribution is -0.290. The Morgan fingerprint density at radius 2 is 1.78 bits per heavy atom. The average Bonchev–Trinajstić information content (AvgIpc) is 2.59. The summed E-state index contributed by atoms with van der Waals surface area (Å²) in [5.41, 5.74) is 6.24. The molecule has 27 heavy (non-hydrogen) atoms. The second-order valence-corrected chi connectivity index (χ2v) is 7.78. The van der Waals surface area contributed by atoms with E-state index in [9.17, 15) is 30.4 Å². The van der Waals surface area contributed by atoms with Crippen molar-refractivity contribution in [3.05, 3.63) is 36.5 Å². The molecule has 2 aromatic rings. The van der Waals surface area contributed by atoms with E-state index in [-0.39, 0.29) is 33.3 Å². The highest BCUT2D eigenvalue weighted by molar-refractivity contribution is 7.91. The van der Waals surface area contributed by atoms with Gasteiger partial charge in [0.1, 0.15) is 5.75 Å². The van der Waals surface area contributed by atoms with E-state index < -0.39 is 28.5 Å². The standard InChI is InChI=1S/C16H15F5N2O3S/c1-2-27(24,25)14-7-10(22)3-5-12(14)13-6-4-11(8-23-13)26-9-15(17,18)16(19,20)21/h3-8H,2,9,22H2,1H3. The second kappa shape index (κ2) is 7.29. The fraction of sp³-hybridized carbons (Fsp3) is 0.312. The number of nitrogens with two attached hydrogens (primary N) is 1. The molecule has 0 fully saturated rings. The molecule has 2 rings (SSSR count). The zero-order chi connectivity index (χ0) is 20.5. The Labute approximate surface area is 151 Å². The molecule has 0 saturated carbocycles. The van der Waals surface area contributed by atoms with Crippen LogP contribution in [-0.4, -0.2) is 37.9 Å². The Morgan fingerprint density at radius 1 is 1.11 bits per heavy atom. The third-order valence-corrected chi connectivity index (χ3v) is 5.34. The van der Waals surface area contributed by atoms with Gasteiger partial charge >= 0.3 is 12.1 Å². The SMILES string of the molecule is CCS(=O)(=O)c1cc(N)ccc1-c1ccc(OCC(F)(F)C(F)(F)F)cn1. The summed E-state index contributed by atoms with van der Waals surface area (Å²) >= 11 is 0. The molecule has 1 heterocycles. The van der Waals surface area contributed by atoms with E-state index in [1.807, 2.05) is 0 Å². The molecule has 1 aromatic heterocycles. The van der Waals surface area contributed by atoms with Crippen molar-refractivity contribution >= 4 is 15.5 Å². The van der Waals surface area contributed by atoms with Crippen LogP contribution in [0.15, 0.2) is 41.4 Å². The zero-order valence-corrected chi connectivity index (χ0v) is 14.7. The van der Waals surface area contributed by atoms with Gasteiger partial charge in [-0.1, -0.05) is 6.92 Å². The van der Waals surface area contributed by atoms with Crippen LogP contribution in [0.2, 0.25) is 0 Å². The summed E-state index contributed by atoms with van der Waals surface area (Å²) in [4.78, 5) is 3.83. The van der Waals surface area contributed by atoms with Crippen LogP contribution in [-0.2, 0) is 9.84 Å². The number of hydrogen-bond acceptors (Lipinski definition) is 5. The number of nitrogens with zero attached hydrogens (tertiary/aromatic N) is 1. The Bertz CT molecular complexity index is 913. The molecule has 0 atom stereocenters. The molecule has 0 aliphatic rings. The van der Waals surface area contributed by atoms with Gasteiger partial charge in [0, 0.05) is 11.3 Å². The van der Waals surface area contributed by atoms with Crippen molar-refractivity contribution in [1.82, 2.24) is 4.98 Å². The first-order valence-corrected chi connectivity index (χ1v) is 9.18. The molecular formula is C16H15F5N2O3S. The monoisotopic (exact) mass is 410 g/mol. The van der Waals surface area contributed by atoms with Crippen LogP contribution in [0, 0.1) is 0 Å². The van der Waals surface area contributed by atoms with Crippen molar-refractivity contribution in [3.8, 4) is 17.0 Å². The topological polar surface area (TPSA) is 82.3 Å². The van der Waals surface area contributed by atoms with Crippen LogP contribution in [0.25, 0.3) is 11.3 Å². The van der Waals surface area contributed by atoms with Gasteiger partial charge in [-0.25, -0.2) is 8.42 Å². The quantitative estimate of drug-likeness (QED) is 0.580. The van der Waals surface area contributed by atoms with E-state index in [1.54, 1.807) is 0 Å². The first kappa shape index (κ1) is 20.9. The fourth-order valence-electron chi connectivity index (χ4n) is 2.04. The Kier molecular flexibility index (Phi) is 5.64. The number of nitrogen functional groups attached to an aromatic ring is 1. The molecule has 5 nitrogen and oxygen atoms in total. The van der Waals surface area contributed by atoms with E-state index in [2.05, 4.69) is 9.72 Å². The number of alkyl halides is 5. The van der Waals surface area contributed by atoms with Crippen molar-refractivity contribution in [3.63, 3.8) is 0 Å². The Morgan fingerprint density at radius 3 is 2.30 bits per heavy atom. The molecule has 11 heteroatoms. The highest BCUT2D eigenvalue weighted by Crippen LogP contribution is 2.36. The van der Waals surface area contributed by atoms with Crippen molar-refractivity contribution < 1.29 is 35.1 Å². The van der Waals surface area contributed by atoms with Gasteiger partial charge in [0.25, 0.3) is 0 Å². The summed E-state index contributed by atoms with van der Waals surface area (Å²) in [5.74, 6) is -5.51. The summed E-state index contributed by atoms with van der Waals surface area (Å²) in [6.07, 6.45) is -4.80. The third-order valence-electron chi connectivity index (χ3n) is 3.57. The molecule has 1 aromatic carbocycles. The van der Waals surface area contributed by atoms with Gasteiger partial charge in [0.15, 0.2) is 16.4 Å². The summed E-state index contributed by atoms with van der Waals surface area (Å²) in [6, 6.07) is 6.53. The molecule has 0 unspecified atom stereocenters. The lowest BCUT2D eigenvalue weighted by Crippen LogP contribution is -2.41. The molecule has 0 spiro atoms. The molecule has 0 radical (unpaired) electrons. The number of aromatic nitrogens is 1. The maximum Gasteiger partial charge on any atom is 0.456 e. The molecule has 0 aliphatic carbocycles. The number of hydrogen-bond donors (Lipinski definition) is 1. The molecule has 0 aliphatic heterocycles. The van der Waals surface area contributed by atoms with Gasteiger partial charge in [-0.05, 0) is 30.3 Å². The number of rotatable bonds is 6. The molecule has 148 valence electrons. The minimum atomic E-state index is -5.73. The lowest BCUT2D eigenvalue weighted by Gasteiger charge is -2.19. The Hall–Kier alpha value is -2.43. The normalized spacial score (nSPS) is 12.8. The number of ether oxygens (including phenoxy) is 1. The van der Waals surface area contributed by atoms with Gasteiger partial charge in [0.2, 0.25) is 0 Å². The Balaban J connectivity index is 2.29. The maximum atomic E-state index is 12.9. The van der Waals surface area contributed by atoms with Crippen molar-refractivity contribution in [2.75, 3.05) is 18.1 Å². The maximum absolute atomic E-state index is 12.9. The first-order valence-electron chi connectivity index (χ1n) is 7.53. The van der Waals surface area contributed by atoms with E-state index in [0.29, 0.717) is 0 Å². The number of sulfone groups is 1. The largest absolute Gasteiger partial charge is 0.485 e. The summed E-state index contributed by atoms with van der Waals surface area (Å²) < 4.78 is 91.0. The van der Waals surface area contributed by atoms with Crippen LogP contribution in [0.1, 0.15) is 6.92 Å². The predicted octanol–water partition coefficient (Wildman–Crippen LogP) is 3.70. The molecule has 0 bridgehead atoms. The van der Waals surface area contributed by atoms with E-state index in [1.165, 1.54) is 31.2 Å². The third kappa shape index (κ3) is 4.65. The minimum absolute atomic E-state index is 0.0604. The van der Waals surface area contributed by atoms with E-state index in [0.717, 1.165) is 12.3 Å². The molecule has 0 amide bonds. The van der Waals surface area contributed by atoms with Crippen LogP contribution in [0.4, 0.5) is 27.6 Å². The highest BCUT2D eigenvalue weighted by atomic mass is 32.2. The molecular weight excluding hydrogens is 395 g/mol. The minimum Gasteiger partial charge on any atom is -0.485 e. The van der Waals surface area contributed by atoms with Crippen molar-refractivity contribution in [1.29, 1.82) is 0 Å². The van der Waals surface area contributed by atoms with Crippen LogP contribution in [0.3, 0.4) is 0 Å². The van der Waals surface area contributed by atoms with Crippen LogP contribution < -0.4 is 10.5 Å². The summed E-state index contributed by atoms with van der Waals surface area (Å²) in [5, 5.41) is 0. The number of anilines is 1. The average molecular weight is 410 g/mol. The van der Waals surface area contributed by atoms with E-state index in [4.69, 9.17) is 5.73 Å². The van der Waals surface area contributed by atoms with Gasteiger partial charge in [-0.2, -0.15) is 22.0 Å². The molecule has 0 saturated heterocycles. The fourth-order valence-corrected chi connectivity index (χ4v) is 3.18. The number of benzene rings is 1. The lowest BCUT2D eigenvalue weighted by atomic mass is 10.1. The van der Waals surface area contributed by atoms with Gasteiger partial charge in [-0.3, -0.25) is 4.98 Å². The van der Waals surface area contributed by atoms with Gasteiger partial charge in [0.05, 0.1) is 22.5 Å². The second-order valence-electron chi connectivity index (χ2n) is 5.53. The van der Waals surface area contributed by atoms with Gasteiger partial charge in [-0.15, -0.1) is 0 Å². The predicted molar refractivity (Wildman–Crippen MR) is 88.3 cm³/mol. The van der Waals surface area contributed by atoms with Gasteiger partial charge < -0.3 is 10.5 Å². The van der Waals surface area contributed by atoms with Crippen LogP contribution >= 0.6 is 0 Å². The van der Waals surface area contributed by atoms with E-state index >= 15 is 0 Å².